The molecule has 7 rings (SSSR count). The van der Waals surface area contributed by atoms with Crippen molar-refractivity contribution in [1.29, 1.82) is 0 Å². The van der Waals surface area contributed by atoms with Gasteiger partial charge in [0.15, 0.2) is 0 Å². The van der Waals surface area contributed by atoms with E-state index in [9.17, 15) is 9.59 Å². The Balaban J connectivity index is 1.05. The van der Waals surface area contributed by atoms with E-state index in [0.29, 0.717) is 24.6 Å². The lowest BCUT2D eigenvalue weighted by Gasteiger charge is -2.51. The van der Waals surface area contributed by atoms with Crippen LogP contribution in [-0.4, -0.2) is 68.2 Å². The first-order chi connectivity index (χ1) is 16.6. The third-order valence-electron chi connectivity index (χ3n) is 7.37. The molecule has 3 saturated heterocycles. The zero-order valence-electron chi connectivity index (χ0n) is 19.0. The van der Waals surface area contributed by atoms with Gasteiger partial charge in [0.1, 0.15) is 19.3 Å². The summed E-state index contributed by atoms with van der Waals surface area (Å²) in [5.74, 6) is -0.00283. The molecule has 0 N–H and O–H groups in total. The highest BCUT2D eigenvalue weighted by Gasteiger charge is 2.40. The second kappa shape index (κ2) is 8.68. The molecule has 0 saturated carbocycles. The van der Waals surface area contributed by atoms with Gasteiger partial charge in [-0.05, 0) is 48.6 Å². The van der Waals surface area contributed by atoms with E-state index < -0.39 is 0 Å². The molecule has 8 heteroatoms. The number of ether oxygens (including phenoxy) is 1. The van der Waals surface area contributed by atoms with Crippen LogP contribution in [0.2, 0.25) is 0 Å². The Kier molecular flexibility index (Phi) is 5.37. The molecule has 2 unspecified atom stereocenters. The van der Waals surface area contributed by atoms with Crippen molar-refractivity contribution in [3.8, 4) is 5.69 Å². The Labute approximate surface area is 198 Å². The van der Waals surface area contributed by atoms with Gasteiger partial charge in [0.25, 0.3) is 0 Å². The summed E-state index contributed by atoms with van der Waals surface area (Å²) >= 11 is 0. The molecule has 1 aromatic heterocycles. The van der Waals surface area contributed by atoms with Crippen molar-refractivity contribution < 1.29 is 14.3 Å². The van der Waals surface area contributed by atoms with Gasteiger partial charge in [-0.25, -0.2) is 14.5 Å². The van der Waals surface area contributed by atoms with Gasteiger partial charge >= 0.3 is 5.97 Å². The molecule has 0 aliphatic carbocycles. The van der Waals surface area contributed by atoms with Crippen molar-refractivity contribution in [3.63, 3.8) is 0 Å². The molecule has 0 spiro atoms. The zero-order chi connectivity index (χ0) is 23.1. The van der Waals surface area contributed by atoms with E-state index in [2.05, 4.69) is 25.9 Å². The summed E-state index contributed by atoms with van der Waals surface area (Å²) in [5, 5.41) is 4.14. The maximum Gasteiger partial charge on any atom is 0.338 e. The van der Waals surface area contributed by atoms with Crippen LogP contribution in [-0.2, 0) is 29.0 Å². The van der Waals surface area contributed by atoms with E-state index in [1.54, 1.807) is 11.0 Å². The fourth-order valence-electron chi connectivity index (χ4n) is 5.49. The number of piperidine rings is 2. The molecule has 5 heterocycles. The van der Waals surface area contributed by atoms with Gasteiger partial charge in [0, 0.05) is 37.3 Å². The number of hydrogen-bond acceptors (Lipinski definition) is 6. The van der Waals surface area contributed by atoms with Crippen LogP contribution in [0.25, 0.3) is 5.69 Å². The lowest BCUT2D eigenvalue weighted by molar-refractivity contribution is -0.141. The molecule has 1 amide bonds. The van der Waals surface area contributed by atoms with Gasteiger partial charge in [-0.1, -0.05) is 24.3 Å². The maximum atomic E-state index is 13.1. The van der Waals surface area contributed by atoms with E-state index in [4.69, 9.17) is 4.74 Å². The highest BCUT2D eigenvalue weighted by atomic mass is 16.5. The van der Waals surface area contributed by atoms with Crippen LogP contribution >= 0.6 is 0 Å². The second-order valence-electron chi connectivity index (χ2n) is 9.43. The van der Waals surface area contributed by atoms with E-state index in [1.807, 2.05) is 36.4 Å². The predicted octanol–water partition coefficient (Wildman–Crippen LogP) is 2.40. The normalized spacial score (nSPS) is 21.5. The smallest absolute Gasteiger partial charge is 0.338 e. The summed E-state index contributed by atoms with van der Waals surface area (Å²) in [6.07, 6.45) is 6.77. The SMILES string of the molecule is O=C1OCc2cc(CCN3CC4CCC3CN4C(=O)Cc3ccc(-n4cncn4)cc3)ccc21. The minimum atomic E-state index is -0.217. The van der Waals surface area contributed by atoms with Crippen LogP contribution in [0, 0.1) is 0 Å². The van der Waals surface area contributed by atoms with Crippen molar-refractivity contribution in [2.75, 3.05) is 19.6 Å². The van der Waals surface area contributed by atoms with E-state index in [1.165, 1.54) is 11.9 Å². The number of rotatable bonds is 6. The zero-order valence-corrected chi connectivity index (χ0v) is 19.0. The summed E-state index contributed by atoms with van der Waals surface area (Å²) in [5.41, 5.74) is 4.88. The van der Waals surface area contributed by atoms with Gasteiger partial charge in [0.2, 0.25) is 5.91 Å². The van der Waals surface area contributed by atoms with E-state index in [-0.39, 0.29) is 17.9 Å². The van der Waals surface area contributed by atoms with Gasteiger partial charge in [-0.15, -0.1) is 0 Å². The van der Waals surface area contributed by atoms with Crippen molar-refractivity contribution in [2.24, 2.45) is 0 Å². The highest BCUT2D eigenvalue weighted by molar-refractivity contribution is 5.93. The van der Waals surface area contributed by atoms with Crippen LogP contribution < -0.4 is 0 Å². The van der Waals surface area contributed by atoms with Crippen molar-refractivity contribution >= 4 is 11.9 Å². The average Bonchev–Trinajstić information content (AvgIpc) is 3.54. The van der Waals surface area contributed by atoms with Crippen molar-refractivity contribution in [1.82, 2.24) is 24.6 Å². The molecule has 4 aliphatic heterocycles. The number of fused-ring (bicyclic) bond motifs is 4. The summed E-state index contributed by atoms with van der Waals surface area (Å²) in [4.78, 5) is 33.4. The second-order valence-corrected chi connectivity index (χ2v) is 9.43. The highest BCUT2D eigenvalue weighted by Crippen LogP contribution is 2.30. The Morgan fingerprint density at radius 1 is 1.03 bits per heavy atom. The Morgan fingerprint density at radius 2 is 1.85 bits per heavy atom. The first kappa shape index (κ1) is 21.0. The van der Waals surface area contributed by atoms with Crippen LogP contribution in [0.1, 0.15) is 39.9 Å². The predicted molar refractivity (Wildman–Crippen MR) is 124 cm³/mol. The first-order valence-electron chi connectivity index (χ1n) is 11.9. The quantitative estimate of drug-likeness (QED) is 0.529. The molecule has 2 atom stereocenters. The minimum Gasteiger partial charge on any atom is -0.457 e. The summed E-state index contributed by atoms with van der Waals surface area (Å²) < 4.78 is 6.83. The van der Waals surface area contributed by atoms with Crippen LogP contribution in [0.5, 0.6) is 0 Å². The average molecular weight is 458 g/mol. The molecule has 3 fully saturated rings. The molecule has 4 aliphatic rings. The van der Waals surface area contributed by atoms with Gasteiger partial charge in [-0.3, -0.25) is 9.69 Å². The largest absolute Gasteiger partial charge is 0.457 e. The number of hydrogen-bond donors (Lipinski definition) is 0. The molecule has 0 radical (unpaired) electrons. The first-order valence-corrected chi connectivity index (χ1v) is 11.9. The number of piperazine rings is 1. The summed E-state index contributed by atoms with van der Waals surface area (Å²) in [6.45, 7) is 3.11. The Morgan fingerprint density at radius 3 is 2.62 bits per heavy atom. The number of benzene rings is 2. The lowest BCUT2D eigenvalue weighted by Crippen LogP contribution is -2.64. The van der Waals surface area contributed by atoms with Gasteiger partial charge in [-0.2, -0.15) is 5.10 Å². The van der Waals surface area contributed by atoms with Crippen molar-refractivity contribution in [3.05, 3.63) is 77.4 Å². The number of cyclic esters (lactones) is 1. The number of aromatic nitrogens is 3. The molecule has 2 bridgehead atoms. The maximum absolute atomic E-state index is 13.1. The van der Waals surface area contributed by atoms with Gasteiger partial charge in [0.05, 0.1) is 17.7 Å². The summed E-state index contributed by atoms with van der Waals surface area (Å²) in [6, 6.07) is 14.7. The standard InChI is InChI=1S/C26H27N5O3/c32-25(12-18-1-4-21(5-2-18)31-17-27-16-28-31)30-14-22-6-7-23(30)13-29(22)10-9-19-3-8-24-20(11-19)15-34-26(24)33/h1-5,8,11,16-17,22-23H,6-7,9-10,12-15H2. The molecular formula is C26H27N5O3. The Bertz CT molecular complexity index is 1210. The summed E-state index contributed by atoms with van der Waals surface area (Å²) in [7, 11) is 0. The lowest BCUT2D eigenvalue weighted by atomic mass is 9.89. The molecule has 2 aromatic carbocycles. The molecule has 174 valence electrons. The number of amides is 1. The molecule has 8 nitrogen and oxygen atoms in total. The number of nitrogens with zero attached hydrogens (tertiary/aromatic N) is 5. The fourth-order valence-corrected chi connectivity index (χ4v) is 5.49. The van der Waals surface area contributed by atoms with Crippen LogP contribution in [0.4, 0.5) is 0 Å². The number of carbonyl (C=O) groups is 2. The minimum absolute atomic E-state index is 0.214. The third-order valence-corrected chi connectivity index (χ3v) is 7.37. The van der Waals surface area contributed by atoms with Crippen LogP contribution in [0.3, 0.4) is 0 Å². The monoisotopic (exact) mass is 457 g/mol. The topological polar surface area (TPSA) is 80.6 Å². The van der Waals surface area contributed by atoms with E-state index in [0.717, 1.165) is 55.7 Å². The fraction of sp³-hybridized carbons (Fsp3) is 0.385. The van der Waals surface area contributed by atoms with Gasteiger partial charge < -0.3 is 9.64 Å². The number of carbonyl (C=O) groups excluding carboxylic acids is 2. The van der Waals surface area contributed by atoms with Crippen LogP contribution in [0.15, 0.2) is 55.1 Å². The molecule has 34 heavy (non-hydrogen) atoms. The Hall–Kier alpha value is -3.52. The number of esters is 1. The third kappa shape index (κ3) is 3.98. The molecule has 3 aromatic rings. The van der Waals surface area contributed by atoms with E-state index >= 15 is 0 Å². The van der Waals surface area contributed by atoms with Crippen molar-refractivity contribution in [2.45, 2.75) is 44.4 Å². The molecular weight excluding hydrogens is 430 g/mol.